The zero-order valence-electron chi connectivity index (χ0n) is 21.4. The Kier molecular flexibility index (Phi) is 10.5. The molecule has 2 aromatic carbocycles. The Morgan fingerprint density at radius 2 is 1.60 bits per heavy atom. The van der Waals surface area contributed by atoms with Gasteiger partial charge in [0, 0.05) is 30.5 Å². The van der Waals surface area contributed by atoms with Gasteiger partial charge in [-0.15, -0.1) is 0 Å². The molecule has 0 aromatic heterocycles. The van der Waals surface area contributed by atoms with Crippen molar-refractivity contribution in [1.29, 1.82) is 0 Å². The summed E-state index contributed by atoms with van der Waals surface area (Å²) in [6.45, 7) is -1.24. The molecular formula is C25H24ClF5N2O9. The van der Waals surface area contributed by atoms with Gasteiger partial charge in [0.05, 0.1) is 30.4 Å². The van der Waals surface area contributed by atoms with Crippen LogP contribution in [-0.4, -0.2) is 81.0 Å². The van der Waals surface area contributed by atoms with Crippen LogP contribution in [0.3, 0.4) is 0 Å². The molecule has 11 nitrogen and oxygen atoms in total. The van der Waals surface area contributed by atoms with Crippen molar-refractivity contribution in [3.8, 4) is 0 Å². The molecule has 1 saturated heterocycles. The fraction of sp³-hybridized carbons (Fsp3) is 0.400. The van der Waals surface area contributed by atoms with Gasteiger partial charge in [-0.25, -0.2) is 26.7 Å². The first-order valence-corrected chi connectivity index (χ1v) is 12.4. The van der Waals surface area contributed by atoms with Crippen LogP contribution in [0, 0.1) is 29.1 Å². The maximum atomic E-state index is 14.2. The Labute approximate surface area is 238 Å². The van der Waals surface area contributed by atoms with E-state index in [1.807, 2.05) is 0 Å². The summed E-state index contributed by atoms with van der Waals surface area (Å²) in [6, 6.07) is 3.93. The van der Waals surface area contributed by atoms with E-state index in [9.17, 15) is 56.8 Å². The van der Waals surface area contributed by atoms with Crippen molar-refractivity contribution < 1.29 is 66.2 Å². The van der Waals surface area contributed by atoms with Crippen LogP contribution in [0.25, 0.3) is 0 Å². The number of carbonyl (C=O) groups excluding carboxylic acids is 2. The Morgan fingerprint density at radius 3 is 2.12 bits per heavy atom. The summed E-state index contributed by atoms with van der Waals surface area (Å²) < 4.78 is 79.3. The number of aliphatic hydroxyl groups is 3. The Hall–Kier alpha value is -3.41. The second kappa shape index (κ2) is 13.3. The monoisotopic (exact) mass is 626 g/mol. The number of carboxylic acid groups (broad SMARTS) is 1. The van der Waals surface area contributed by atoms with E-state index in [4.69, 9.17) is 21.1 Å². The lowest BCUT2D eigenvalue weighted by atomic mass is 9.88. The number of carbonyl (C=O) groups is 3. The number of amides is 2. The molecule has 6 atom stereocenters. The van der Waals surface area contributed by atoms with E-state index in [1.54, 1.807) is 0 Å². The molecule has 3 rings (SSSR count). The molecule has 0 spiro atoms. The molecule has 0 saturated carbocycles. The minimum Gasteiger partial charge on any atom is -0.477 e. The number of aliphatic hydroxyl groups excluding tert-OH is 3. The van der Waals surface area contributed by atoms with Crippen LogP contribution in [0.5, 0.6) is 0 Å². The molecule has 1 heterocycles. The molecule has 0 bridgehead atoms. The second-order valence-corrected chi connectivity index (χ2v) is 9.69. The van der Waals surface area contributed by atoms with E-state index >= 15 is 0 Å². The van der Waals surface area contributed by atoms with Gasteiger partial charge in [0.15, 0.2) is 23.3 Å². The molecule has 6 N–H and O–H groups in total. The van der Waals surface area contributed by atoms with Crippen LogP contribution in [0.15, 0.2) is 24.3 Å². The van der Waals surface area contributed by atoms with Gasteiger partial charge in [0.25, 0.3) is 11.7 Å². The van der Waals surface area contributed by atoms with E-state index in [2.05, 4.69) is 10.6 Å². The van der Waals surface area contributed by atoms with E-state index in [0.29, 0.717) is 5.02 Å². The summed E-state index contributed by atoms with van der Waals surface area (Å²) >= 11 is 5.76. The summed E-state index contributed by atoms with van der Waals surface area (Å²) in [5, 5.41) is 46.8. The van der Waals surface area contributed by atoms with Crippen LogP contribution in [0.2, 0.25) is 5.02 Å². The Balaban J connectivity index is 1.86. The summed E-state index contributed by atoms with van der Waals surface area (Å²) in [7, 11) is 0. The smallest absolute Gasteiger partial charge is 0.364 e. The highest BCUT2D eigenvalue weighted by Gasteiger charge is 2.56. The molecule has 1 aliphatic heterocycles. The average molecular weight is 627 g/mol. The van der Waals surface area contributed by atoms with Crippen LogP contribution < -0.4 is 10.6 Å². The Bertz CT molecular complexity index is 1320. The zero-order chi connectivity index (χ0) is 31.5. The summed E-state index contributed by atoms with van der Waals surface area (Å²) in [5.41, 5.74) is -1.44. The van der Waals surface area contributed by atoms with Crippen LogP contribution in [0.4, 0.5) is 22.0 Å². The Morgan fingerprint density at radius 1 is 1.05 bits per heavy atom. The third-order valence-corrected chi connectivity index (χ3v) is 6.58. The molecule has 0 radical (unpaired) electrons. The SMILES string of the molecule is CC(=O)N[C@H]1[C@H]([C@H](O)[C@@H](O)CNC(=O)c2ccc(Cl)cc2)O[C@](OCc2c(F)c(F)c(F)c(F)c2F)(C(=O)O)C[C@@H]1O. The standard InChI is InChI=1S/C25H24ClF5N2O9/c1-9(34)33-20-13(35)6-25(24(39)40,41-8-12-15(27)17(29)19(31)18(30)16(12)28)42-22(20)21(37)14(36)7-32-23(38)10-2-4-11(26)5-3-10/h2-5,13-14,20-22,35-37H,6-8H2,1H3,(H,32,38)(H,33,34)(H,39,40)/t13-,14-,20+,21+,22+,25-/m0/s1. The van der Waals surface area contributed by atoms with E-state index in [-0.39, 0.29) is 5.56 Å². The lowest BCUT2D eigenvalue weighted by Crippen LogP contribution is -2.68. The topological polar surface area (TPSA) is 175 Å². The molecule has 2 aromatic rings. The van der Waals surface area contributed by atoms with Crippen LogP contribution in [0.1, 0.15) is 29.3 Å². The van der Waals surface area contributed by atoms with E-state index in [1.165, 1.54) is 24.3 Å². The first-order chi connectivity index (χ1) is 19.6. The average Bonchev–Trinajstić information content (AvgIpc) is 2.94. The number of rotatable bonds is 10. The van der Waals surface area contributed by atoms with Gasteiger partial charge >= 0.3 is 5.97 Å². The van der Waals surface area contributed by atoms with Gasteiger partial charge in [0.1, 0.15) is 12.2 Å². The molecule has 42 heavy (non-hydrogen) atoms. The lowest BCUT2D eigenvalue weighted by molar-refractivity contribution is -0.314. The van der Waals surface area contributed by atoms with Gasteiger partial charge < -0.3 is 40.5 Å². The fourth-order valence-electron chi connectivity index (χ4n) is 4.16. The van der Waals surface area contributed by atoms with Crippen molar-refractivity contribution >= 4 is 29.4 Å². The fourth-order valence-corrected chi connectivity index (χ4v) is 4.28. The molecule has 2 amide bonds. The molecule has 230 valence electrons. The maximum absolute atomic E-state index is 14.2. The van der Waals surface area contributed by atoms with Crippen molar-refractivity contribution in [2.45, 2.75) is 56.2 Å². The number of aliphatic carboxylic acids is 1. The van der Waals surface area contributed by atoms with Crippen molar-refractivity contribution in [3.63, 3.8) is 0 Å². The number of carboxylic acids is 1. The van der Waals surface area contributed by atoms with Crippen molar-refractivity contribution in [3.05, 3.63) is 69.5 Å². The van der Waals surface area contributed by atoms with Crippen molar-refractivity contribution in [1.82, 2.24) is 10.6 Å². The predicted octanol–water partition coefficient (Wildman–Crippen LogP) is 1.14. The van der Waals surface area contributed by atoms with Crippen LogP contribution >= 0.6 is 11.6 Å². The normalized spacial score (nSPS) is 23.6. The first-order valence-electron chi connectivity index (χ1n) is 12.0. The van der Waals surface area contributed by atoms with Gasteiger partial charge in [-0.3, -0.25) is 9.59 Å². The van der Waals surface area contributed by atoms with Gasteiger partial charge in [-0.2, -0.15) is 0 Å². The van der Waals surface area contributed by atoms with Gasteiger partial charge in [-0.1, -0.05) is 11.6 Å². The maximum Gasteiger partial charge on any atom is 0.364 e. The second-order valence-electron chi connectivity index (χ2n) is 9.25. The van der Waals surface area contributed by atoms with Crippen LogP contribution in [-0.2, 0) is 25.7 Å². The number of nitrogens with one attached hydrogen (secondary N) is 2. The number of hydrogen-bond donors (Lipinski definition) is 6. The third kappa shape index (κ3) is 6.96. The van der Waals surface area contributed by atoms with Crippen molar-refractivity contribution in [2.75, 3.05) is 6.54 Å². The number of halogens is 6. The van der Waals surface area contributed by atoms with E-state index in [0.717, 1.165) is 6.92 Å². The quantitative estimate of drug-likeness (QED) is 0.128. The zero-order valence-corrected chi connectivity index (χ0v) is 22.2. The number of hydrogen-bond acceptors (Lipinski definition) is 8. The predicted molar refractivity (Wildman–Crippen MR) is 130 cm³/mol. The lowest BCUT2D eigenvalue weighted by Gasteiger charge is -2.46. The summed E-state index contributed by atoms with van der Waals surface area (Å²) in [4.78, 5) is 36.3. The minimum atomic E-state index is -3.09. The molecule has 0 unspecified atom stereocenters. The first kappa shape index (κ1) is 33.1. The molecule has 0 aliphatic carbocycles. The minimum absolute atomic E-state index is 0.118. The molecule has 1 fully saturated rings. The van der Waals surface area contributed by atoms with Gasteiger partial charge in [0.2, 0.25) is 11.7 Å². The van der Waals surface area contributed by atoms with Gasteiger partial charge in [-0.05, 0) is 24.3 Å². The van der Waals surface area contributed by atoms with Crippen molar-refractivity contribution in [2.24, 2.45) is 0 Å². The summed E-state index contributed by atoms with van der Waals surface area (Å²) in [5.74, 6) is -18.4. The molecule has 1 aliphatic rings. The highest BCUT2D eigenvalue weighted by molar-refractivity contribution is 6.30. The summed E-state index contributed by atoms with van der Waals surface area (Å²) in [6.07, 6.45) is -9.12. The molecular weight excluding hydrogens is 603 g/mol. The number of ether oxygens (including phenoxy) is 2. The third-order valence-electron chi connectivity index (χ3n) is 6.33. The highest BCUT2D eigenvalue weighted by atomic mass is 35.5. The highest BCUT2D eigenvalue weighted by Crippen LogP contribution is 2.35. The molecule has 17 heteroatoms. The van der Waals surface area contributed by atoms with E-state index < -0.39 is 108 Å². The number of benzene rings is 2. The largest absolute Gasteiger partial charge is 0.477 e.